The average molecular weight is 506 g/mol. The summed E-state index contributed by atoms with van der Waals surface area (Å²) in [5.74, 6) is -0.609. The fraction of sp³-hybridized carbons (Fsp3) is 0.400. The van der Waals surface area contributed by atoms with Crippen LogP contribution < -0.4 is 20.7 Å². The molecule has 9 heteroatoms. The summed E-state index contributed by atoms with van der Waals surface area (Å²) in [6.45, 7) is 1.33. The number of ether oxygens (including phenoxy) is 1. The Morgan fingerprint density at radius 1 is 1.09 bits per heavy atom. The molecule has 0 radical (unpaired) electrons. The second-order valence-electron chi connectivity index (χ2n) is 8.10. The van der Waals surface area contributed by atoms with E-state index in [2.05, 4.69) is 16.0 Å². The van der Waals surface area contributed by atoms with Crippen molar-refractivity contribution < 1.29 is 19.1 Å². The number of halogens is 2. The van der Waals surface area contributed by atoms with Gasteiger partial charge in [0, 0.05) is 29.6 Å². The van der Waals surface area contributed by atoms with Gasteiger partial charge < -0.3 is 20.7 Å². The molecule has 7 nitrogen and oxygen atoms in total. The van der Waals surface area contributed by atoms with Crippen LogP contribution in [0.4, 0.5) is 0 Å². The van der Waals surface area contributed by atoms with Gasteiger partial charge >= 0.3 is 0 Å². The Morgan fingerprint density at radius 3 is 2.74 bits per heavy atom. The van der Waals surface area contributed by atoms with E-state index in [1.54, 1.807) is 18.2 Å². The van der Waals surface area contributed by atoms with E-state index in [1.165, 1.54) is 6.07 Å². The number of fused-ring (bicyclic) bond motifs is 1. The fourth-order valence-corrected chi connectivity index (χ4v) is 4.03. The van der Waals surface area contributed by atoms with Crippen LogP contribution in [0, 0.1) is 0 Å². The Labute approximate surface area is 209 Å². The van der Waals surface area contributed by atoms with Crippen LogP contribution in [0.1, 0.15) is 48.0 Å². The van der Waals surface area contributed by atoms with Crippen LogP contribution in [0.25, 0.3) is 0 Å². The van der Waals surface area contributed by atoms with Crippen molar-refractivity contribution in [2.45, 2.75) is 44.6 Å². The highest BCUT2D eigenvalue weighted by Gasteiger charge is 2.24. The number of amides is 3. The molecule has 0 bridgehead atoms. The molecule has 1 aliphatic heterocycles. The topological polar surface area (TPSA) is 96.5 Å². The molecule has 3 N–H and O–H groups in total. The van der Waals surface area contributed by atoms with Gasteiger partial charge in [-0.05, 0) is 61.9 Å². The van der Waals surface area contributed by atoms with E-state index in [4.69, 9.17) is 27.9 Å². The third kappa shape index (κ3) is 7.92. The standard InChI is InChI=1S/C25H29Cl2N3O4/c26-18-8-10-22-19(16-18)24(32)30-21(9-11-23(31)28-13-4-1-5-15-34-22)25(33)29-14-12-17-6-2-3-7-20(17)27/h2-3,6-8,10,16,21H,1,4-5,9,11-15H2,(H,28,31)(H,29,33)(H,30,32)/t21-/m0/s1. The molecular weight excluding hydrogens is 477 g/mol. The monoisotopic (exact) mass is 505 g/mol. The molecule has 0 fully saturated rings. The van der Waals surface area contributed by atoms with Crippen LogP contribution in [0.15, 0.2) is 42.5 Å². The number of nitrogens with one attached hydrogen (secondary N) is 3. The molecule has 182 valence electrons. The van der Waals surface area contributed by atoms with Gasteiger partial charge in [-0.15, -0.1) is 0 Å². The van der Waals surface area contributed by atoms with Crippen molar-refractivity contribution in [3.8, 4) is 5.75 Å². The van der Waals surface area contributed by atoms with E-state index in [9.17, 15) is 14.4 Å². The highest BCUT2D eigenvalue weighted by Crippen LogP contribution is 2.24. The van der Waals surface area contributed by atoms with Crippen molar-refractivity contribution >= 4 is 40.9 Å². The van der Waals surface area contributed by atoms with E-state index >= 15 is 0 Å². The molecular formula is C25H29Cl2N3O4. The molecule has 1 heterocycles. The lowest BCUT2D eigenvalue weighted by Gasteiger charge is -2.19. The Balaban J connectivity index is 1.72. The third-order valence-corrected chi connectivity index (χ3v) is 6.12. The lowest BCUT2D eigenvalue weighted by molar-refractivity contribution is -0.124. The van der Waals surface area contributed by atoms with Crippen molar-refractivity contribution in [3.63, 3.8) is 0 Å². The Morgan fingerprint density at radius 2 is 1.91 bits per heavy atom. The number of rotatable bonds is 4. The molecule has 0 saturated carbocycles. The quantitative estimate of drug-likeness (QED) is 0.586. The van der Waals surface area contributed by atoms with Crippen LogP contribution in [0.3, 0.4) is 0 Å². The van der Waals surface area contributed by atoms with Crippen molar-refractivity contribution in [3.05, 3.63) is 63.6 Å². The second kappa shape index (κ2) is 13.2. The smallest absolute Gasteiger partial charge is 0.255 e. The van der Waals surface area contributed by atoms with Crippen LogP contribution >= 0.6 is 23.2 Å². The molecule has 3 rings (SSSR count). The molecule has 0 saturated heterocycles. The van der Waals surface area contributed by atoms with Crippen LogP contribution in [-0.4, -0.2) is 43.5 Å². The number of carbonyl (C=O) groups is 3. The first-order chi connectivity index (χ1) is 16.4. The number of carbonyl (C=O) groups excluding carboxylic acids is 3. The minimum Gasteiger partial charge on any atom is -0.493 e. The number of hydrogen-bond acceptors (Lipinski definition) is 4. The van der Waals surface area contributed by atoms with E-state index in [0.717, 1.165) is 24.8 Å². The van der Waals surface area contributed by atoms with Crippen LogP contribution in [0.2, 0.25) is 10.0 Å². The van der Waals surface area contributed by atoms with Crippen LogP contribution in [0.5, 0.6) is 5.75 Å². The zero-order valence-electron chi connectivity index (χ0n) is 18.9. The van der Waals surface area contributed by atoms with Crippen molar-refractivity contribution in [1.29, 1.82) is 0 Å². The van der Waals surface area contributed by atoms with E-state index in [1.807, 2.05) is 18.2 Å². The first-order valence-electron chi connectivity index (χ1n) is 11.4. The summed E-state index contributed by atoms with van der Waals surface area (Å²) >= 11 is 12.3. The lowest BCUT2D eigenvalue weighted by atomic mass is 10.1. The predicted octanol–water partition coefficient (Wildman–Crippen LogP) is 3.91. The minimum absolute atomic E-state index is 0.113. The molecule has 3 amide bonds. The first-order valence-corrected chi connectivity index (χ1v) is 12.2. The highest BCUT2D eigenvalue weighted by molar-refractivity contribution is 6.31. The summed E-state index contributed by atoms with van der Waals surface area (Å²) in [6, 6.07) is 11.3. The summed E-state index contributed by atoms with van der Waals surface area (Å²) < 4.78 is 5.81. The summed E-state index contributed by atoms with van der Waals surface area (Å²) in [7, 11) is 0. The zero-order chi connectivity index (χ0) is 24.3. The van der Waals surface area contributed by atoms with Gasteiger partial charge in [0.25, 0.3) is 5.91 Å². The number of hydrogen-bond donors (Lipinski definition) is 3. The highest BCUT2D eigenvalue weighted by atomic mass is 35.5. The molecule has 0 unspecified atom stereocenters. The van der Waals surface area contributed by atoms with Crippen molar-refractivity contribution in [1.82, 2.24) is 16.0 Å². The fourth-order valence-electron chi connectivity index (χ4n) is 3.63. The van der Waals surface area contributed by atoms with Gasteiger partial charge in [0.1, 0.15) is 11.8 Å². The predicted molar refractivity (Wildman–Crippen MR) is 132 cm³/mol. The van der Waals surface area contributed by atoms with Crippen LogP contribution in [-0.2, 0) is 16.0 Å². The molecule has 2 aromatic rings. The third-order valence-electron chi connectivity index (χ3n) is 5.52. The molecule has 0 aliphatic carbocycles. The van der Waals surface area contributed by atoms with Gasteiger partial charge in [-0.1, -0.05) is 41.4 Å². The van der Waals surface area contributed by atoms with Gasteiger partial charge in [-0.25, -0.2) is 0 Å². The zero-order valence-corrected chi connectivity index (χ0v) is 20.4. The van der Waals surface area contributed by atoms with Gasteiger partial charge in [-0.3, -0.25) is 14.4 Å². The van der Waals surface area contributed by atoms with Gasteiger partial charge in [0.15, 0.2) is 0 Å². The Hall–Kier alpha value is -2.77. The van der Waals surface area contributed by atoms with Crippen molar-refractivity contribution in [2.24, 2.45) is 0 Å². The molecule has 0 spiro atoms. The Bertz CT molecular complexity index is 1020. The van der Waals surface area contributed by atoms with E-state index < -0.39 is 11.9 Å². The van der Waals surface area contributed by atoms with E-state index in [-0.39, 0.29) is 30.2 Å². The minimum atomic E-state index is -0.901. The number of benzene rings is 2. The molecule has 1 aliphatic rings. The lowest BCUT2D eigenvalue weighted by Crippen LogP contribution is -2.47. The first kappa shape index (κ1) is 25.8. The molecule has 0 aromatic heterocycles. The summed E-state index contributed by atoms with van der Waals surface area (Å²) in [6.07, 6.45) is 3.31. The molecule has 2 aromatic carbocycles. The maximum absolute atomic E-state index is 13.1. The van der Waals surface area contributed by atoms with Crippen molar-refractivity contribution in [2.75, 3.05) is 19.7 Å². The Kier molecular flexibility index (Phi) is 10.0. The van der Waals surface area contributed by atoms with Gasteiger partial charge in [0.2, 0.25) is 11.8 Å². The maximum atomic E-state index is 13.1. The maximum Gasteiger partial charge on any atom is 0.255 e. The molecule has 34 heavy (non-hydrogen) atoms. The largest absolute Gasteiger partial charge is 0.493 e. The van der Waals surface area contributed by atoms with Gasteiger partial charge in [0.05, 0.1) is 12.2 Å². The summed E-state index contributed by atoms with van der Waals surface area (Å²) in [5, 5.41) is 9.47. The normalized spacial score (nSPS) is 17.8. The SMILES string of the molecule is O=C1CC[C@@H](C(=O)NCCc2ccccc2Cl)NC(=O)c2cc(Cl)ccc2OCCCCCN1. The average Bonchev–Trinajstić information content (AvgIpc) is 2.82. The van der Waals surface area contributed by atoms with E-state index in [0.29, 0.717) is 41.9 Å². The summed E-state index contributed by atoms with van der Waals surface area (Å²) in [5.41, 5.74) is 1.16. The molecule has 1 atom stereocenters. The summed E-state index contributed by atoms with van der Waals surface area (Å²) in [4.78, 5) is 38.3. The second-order valence-corrected chi connectivity index (χ2v) is 8.94. The van der Waals surface area contributed by atoms with Gasteiger partial charge in [-0.2, -0.15) is 0 Å².